The van der Waals surface area contributed by atoms with Gasteiger partial charge in [-0.2, -0.15) is 5.26 Å². The number of anilines is 1. The Morgan fingerprint density at radius 3 is 2.51 bits per heavy atom. The van der Waals surface area contributed by atoms with Crippen molar-refractivity contribution in [2.45, 2.75) is 27.3 Å². The molecule has 4 aromatic rings. The van der Waals surface area contributed by atoms with E-state index in [2.05, 4.69) is 36.6 Å². The number of para-hydroxylation sites is 1. The summed E-state index contributed by atoms with van der Waals surface area (Å²) in [5, 5.41) is 10.6. The molecule has 2 heterocycles. The van der Waals surface area contributed by atoms with Crippen LogP contribution in [0.1, 0.15) is 33.5 Å². The molecule has 0 bridgehead atoms. The van der Waals surface area contributed by atoms with Crippen molar-refractivity contribution in [3.8, 4) is 6.07 Å². The van der Waals surface area contributed by atoms with Gasteiger partial charge in [-0.25, -0.2) is 0 Å². The van der Waals surface area contributed by atoms with Gasteiger partial charge in [0.2, 0.25) is 0 Å². The van der Waals surface area contributed by atoms with Gasteiger partial charge in [0.15, 0.2) is 4.32 Å². The van der Waals surface area contributed by atoms with Gasteiger partial charge in [0.25, 0.3) is 5.91 Å². The zero-order valence-corrected chi connectivity index (χ0v) is 21.3. The first-order valence-electron chi connectivity index (χ1n) is 11.3. The lowest BCUT2D eigenvalue weighted by atomic mass is 10.1. The second kappa shape index (κ2) is 9.18. The number of nitrogens with zero attached hydrogens (tertiary/aromatic N) is 3. The number of fused-ring (bicyclic) bond motifs is 1. The number of hydrogen-bond acceptors (Lipinski definition) is 4. The van der Waals surface area contributed by atoms with Crippen LogP contribution in [-0.4, -0.2) is 14.8 Å². The van der Waals surface area contributed by atoms with Crippen LogP contribution in [0.15, 0.2) is 71.6 Å². The first-order valence-corrected chi connectivity index (χ1v) is 12.5. The summed E-state index contributed by atoms with van der Waals surface area (Å²) in [4.78, 5) is 15.7. The number of benzene rings is 3. The fourth-order valence-electron chi connectivity index (χ4n) is 4.47. The number of thioether (sulfide) groups is 1. The molecule has 1 amide bonds. The molecule has 6 heteroatoms. The van der Waals surface area contributed by atoms with Gasteiger partial charge in [-0.1, -0.05) is 66.4 Å². The normalized spacial score (nSPS) is 14.8. The van der Waals surface area contributed by atoms with Crippen LogP contribution in [0.5, 0.6) is 0 Å². The lowest BCUT2D eigenvalue weighted by Crippen LogP contribution is -2.27. The van der Waals surface area contributed by atoms with E-state index in [1.54, 1.807) is 4.90 Å². The van der Waals surface area contributed by atoms with Gasteiger partial charge in [-0.15, -0.1) is 0 Å². The number of aryl methyl sites for hydroxylation is 2. The average Bonchev–Trinajstić information content (AvgIpc) is 3.29. The average molecular weight is 494 g/mol. The summed E-state index contributed by atoms with van der Waals surface area (Å²) >= 11 is 6.94. The number of thiocarbonyl (C=S) groups is 1. The molecule has 1 fully saturated rings. The van der Waals surface area contributed by atoms with E-state index in [-0.39, 0.29) is 5.91 Å². The maximum absolute atomic E-state index is 13.5. The lowest BCUT2D eigenvalue weighted by Gasteiger charge is -2.15. The lowest BCUT2D eigenvalue weighted by molar-refractivity contribution is -0.113. The van der Waals surface area contributed by atoms with Crippen LogP contribution in [0.25, 0.3) is 17.0 Å². The third-order valence-corrected chi connectivity index (χ3v) is 7.87. The van der Waals surface area contributed by atoms with Crippen molar-refractivity contribution >= 4 is 56.9 Å². The van der Waals surface area contributed by atoms with Crippen molar-refractivity contribution in [2.24, 2.45) is 0 Å². The van der Waals surface area contributed by atoms with Crippen molar-refractivity contribution in [2.75, 3.05) is 4.90 Å². The summed E-state index contributed by atoms with van der Waals surface area (Å²) < 4.78 is 2.75. The Hall–Kier alpha value is -3.66. The van der Waals surface area contributed by atoms with E-state index in [4.69, 9.17) is 12.2 Å². The minimum Gasteiger partial charge on any atom is -0.340 e. The largest absolute Gasteiger partial charge is 0.340 e. The Balaban J connectivity index is 1.58. The van der Waals surface area contributed by atoms with Crippen LogP contribution in [-0.2, 0) is 11.3 Å². The Morgan fingerprint density at radius 2 is 1.74 bits per heavy atom. The minimum atomic E-state index is -0.102. The molecule has 1 saturated heterocycles. The highest BCUT2D eigenvalue weighted by Gasteiger charge is 2.34. The summed E-state index contributed by atoms with van der Waals surface area (Å²) in [6.45, 7) is 6.73. The molecule has 0 atom stereocenters. The van der Waals surface area contributed by atoms with E-state index in [0.717, 1.165) is 39.0 Å². The molecule has 0 spiro atoms. The molecule has 1 aliphatic rings. The van der Waals surface area contributed by atoms with Gasteiger partial charge in [0.1, 0.15) is 0 Å². The SMILES string of the molecule is Cc1ccc(N2C(=O)/C(=C/c3c(C)n(Cc4ccccc4C#N)c4ccccc34)SC2=S)cc1C. The summed E-state index contributed by atoms with van der Waals surface area (Å²) in [5.41, 5.74) is 7.83. The summed E-state index contributed by atoms with van der Waals surface area (Å²) in [6, 6.07) is 24.1. The van der Waals surface area contributed by atoms with Crippen molar-refractivity contribution in [1.29, 1.82) is 5.26 Å². The standard InChI is InChI=1S/C29H23N3OS2/c1-18-12-13-23(14-19(18)2)32-28(33)27(35-29(32)34)15-25-20(3)31(26-11-7-6-10-24(25)26)17-22-9-5-4-8-21(22)16-30/h4-15H,17H2,1-3H3/b27-15-. The molecule has 1 aliphatic heterocycles. The van der Waals surface area contributed by atoms with E-state index in [0.29, 0.717) is 21.3 Å². The van der Waals surface area contributed by atoms with Crippen LogP contribution in [0.4, 0.5) is 5.69 Å². The van der Waals surface area contributed by atoms with Gasteiger partial charge in [-0.3, -0.25) is 9.69 Å². The molecule has 0 aliphatic carbocycles. The Bertz CT molecular complexity index is 1590. The molecule has 3 aromatic carbocycles. The summed E-state index contributed by atoms with van der Waals surface area (Å²) in [7, 11) is 0. The first-order chi connectivity index (χ1) is 16.9. The third kappa shape index (κ3) is 4.07. The number of amides is 1. The van der Waals surface area contributed by atoms with Crippen LogP contribution >= 0.6 is 24.0 Å². The molecular formula is C29H23N3OS2. The Kier molecular flexibility index (Phi) is 6.06. The fraction of sp³-hybridized carbons (Fsp3) is 0.138. The molecule has 0 unspecified atom stereocenters. The molecule has 0 N–H and O–H groups in total. The number of carbonyl (C=O) groups is 1. The highest BCUT2D eigenvalue weighted by atomic mass is 32.2. The number of nitriles is 1. The second-order valence-corrected chi connectivity index (χ2v) is 10.3. The van der Waals surface area contributed by atoms with Crippen LogP contribution in [0.2, 0.25) is 0 Å². The molecule has 0 saturated carbocycles. The highest BCUT2D eigenvalue weighted by Crippen LogP contribution is 2.38. The Morgan fingerprint density at radius 1 is 1.00 bits per heavy atom. The summed E-state index contributed by atoms with van der Waals surface area (Å²) in [5.74, 6) is -0.102. The van der Waals surface area contributed by atoms with E-state index in [1.807, 2.05) is 67.6 Å². The summed E-state index contributed by atoms with van der Waals surface area (Å²) in [6.07, 6.45) is 1.96. The van der Waals surface area contributed by atoms with Crippen LogP contribution < -0.4 is 4.90 Å². The maximum atomic E-state index is 13.5. The van der Waals surface area contributed by atoms with Gasteiger partial charge < -0.3 is 4.57 Å². The number of aromatic nitrogens is 1. The van der Waals surface area contributed by atoms with Gasteiger partial charge in [-0.05, 0) is 67.8 Å². The zero-order valence-electron chi connectivity index (χ0n) is 19.7. The quantitative estimate of drug-likeness (QED) is 0.229. The smallest absolute Gasteiger partial charge is 0.270 e. The van der Waals surface area contributed by atoms with Crippen molar-refractivity contribution in [3.63, 3.8) is 0 Å². The monoisotopic (exact) mass is 493 g/mol. The molecular weight excluding hydrogens is 470 g/mol. The maximum Gasteiger partial charge on any atom is 0.270 e. The van der Waals surface area contributed by atoms with Crippen molar-refractivity contribution in [1.82, 2.24) is 4.57 Å². The molecule has 1 aromatic heterocycles. The number of hydrogen-bond donors (Lipinski definition) is 0. The van der Waals surface area contributed by atoms with Crippen LogP contribution in [0.3, 0.4) is 0 Å². The molecule has 5 rings (SSSR count). The van der Waals surface area contributed by atoms with Crippen LogP contribution in [0, 0.1) is 32.1 Å². The van der Waals surface area contributed by atoms with Gasteiger partial charge in [0, 0.05) is 28.7 Å². The predicted molar refractivity (Wildman–Crippen MR) is 149 cm³/mol. The highest BCUT2D eigenvalue weighted by molar-refractivity contribution is 8.27. The Labute approximate surface area is 214 Å². The molecule has 172 valence electrons. The zero-order chi connectivity index (χ0) is 24.7. The van der Waals surface area contributed by atoms with Gasteiger partial charge >= 0.3 is 0 Å². The predicted octanol–water partition coefficient (Wildman–Crippen LogP) is 6.89. The molecule has 35 heavy (non-hydrogen) atoms. The topological polar surface area (TPSA) is 49.0 Å². The fourth-order valence-corrected chi connectivity index (χ4v) is 5.75. The number of rotatable bonds is 4. The van der Waals surface area contributed by atoms with E-state index < -0.39 is 0 Å². The molecule has 4 nitrogen and oxygen atoms in total. The third-order valence-electron chi connectivity index (χ3n) is 6.56. The minimum absolute atomic E-state index is 0.102. The molecule has 0 radical (unpaired) electrons. The van der Waals surface area contributed by atoms with Gasteiger partial charge in [0.05, 0.1) is 22.2 Å². The van der Waals surface area contributed by atoms with Crippen molar-refractivity contribution < 1.29 is 4.79 Å². The van der Waals surface area contributed by atoms with E-state index in [1.165, 1.54) is 17.3 Å². The van der Waals surface area contributed by atoms with E-state index >= 15 is 0 Å². The second-order valence-electron chi connectivity index (χ2n) is 8.66. The van der Waals surface area contributed by atoms with Crippen molar-refractivity contribution in [3.05, 3.63) is 105 Å². The number of carbonyl (C=O) groups excluding carboxylic acids is 1. The first kappa shape index (κ1) is 23.1. The van der Waals surface area contributed by atoms with E-state index in [9.17, 15) is 10.1 Å².